The zero-order chi connectivity index (χ0) is 13.5. The van der Waals surface area contributed by atoms with Crippen molar-refractivity contribution >= 4 is 5.69 Å². The molecule has 0 unspecified atom stereocenters. The van der Waals surface area contributed by atoms with E-state index in [4.69, 9.17) is 10.5 Å². The lowest BCUT2D eigenvalue weighted by Gasteiger charge is -2.27. The maximum absolute atomic E-state index is 6.06. The molecule has 1 rings (SSSR count). The number of anilines is 1. The summed E-state index contributed by atoms with van der Waals surface area (Å²) >= 11 is 0. The van der Waals surface area contributed by atoms with E-state index in [2.05, 4.69) is 18.1 Å². The van der Waals surface area contributed by atoms with Crippen molar-refractivity contribution in [2.24, 2.45) is 5.73 Å². The monoisotopic (exact) mass is 246 g/mol. The van der Waals surface area contributed by atoms with Crippen molar-refractivity contribution in [2.45, 2.75) is 13.0 Å². The lowest BCUT2D eigenvalue weighted by Crippen LogP contribution is -2.25. The van der Waals surface area contributed by atoms with Gasteiger partial charge in [-0.25, -0.2) is 0 Å². The lowest BCUT2D eigenvalue weighted by molar-refractivity contribution is 0.407. The van der Waals surface area contributed by atoms with Gasteiger partial charge in [-0.05, 0) is 19.1 Å². The molecule has 3 heteroatoms. The summed E-state index contributed by atoms with van der Waals surface area (Å²) in [6.07, 6.45) is 3.74. The van der Waals surface area contributed by atoms with Gasteiger partial charge in [0.1, 0.15) is 5.75 Å². The smallest absolute Gasteiger partial charge is 0.125 e. The van der Waals surface area contributed by atoms with E-state index in [9.17, 15) is 0 Å². The van der Waals surface area contributed by atoms with Crippen LogP contribution in [0.4, 0.5) is 5.69 Å². The largest absolute Gasteiger partial charge is 0.496 e. The van der Waals surface area contributed by atoms with Crippen molar-refractivity contribution in [3.05, 3.63) is 49.1 Å². The second-order valence-corrected chi connectivity index (χ2v) is 4.16. The van der Waals surface area contributed by atoms with Crippen LogP contribution in [0.25, 0.3) is 0 Å². The SMILES string of the molecule is C=CCN(CC=C)c1cccc(OC)c1[C@@H](C)N. The Kier molecular flexibility index (Phi) is 5.46. The van der Waals surface area contributed by atoms with Crippen LogP contribution in [0.2, 0.25) is 0 Å². The van der Waals surface area contributed by atoms with Gasteiger partial charge >= 0.3 is 0 Å². The maximum atomic E-state index is 6.06. The van der Waals surface area contributed by atoms with Gasteiger partial charge in [0.05, 0.1) is 7.11 Å². The number of nitrogens with zero attached hydrogens (tertiary/aromatic N) is 1. The number of nitrogens with two attached hydrogens (primary N) is 1. The van der Waals surface area contributed by atoms with E-state index < -0.39 is 0 Å². The average molecular weight is 246 g/mol. The zero-order valence-electron chi connectivity index (χ0n) is 11.2. The van der Waals surface area contributed by atoms with Gasteiger partial charge in [-0.15, -0.1) is 13.2 Å². The van der Waals surface area contributed by atoms with Crippen LogP contribution in [0.3, 0.4) is 0 Å². The molecule has 2 N–H and O–H groups in total. The maximum Gasteiger partial charge on any atom is 0.125 e. The van der Waals surface area contributed by atoms with Gasteiger partial charge in [0, 0.05) is 30.4 Å². The molecule has 1 atom stereocenters. The Balaban J connectivity index is 3.26. The average Bonchev–Trinajstić information content (AvgIpc) is 2.37. The van der Waals surface area contributed by atoms with Gasteiger partial charge in [0.2, 0.25) is 0 Å². The van der Waals surface area contributed by atoms with Crippen LogP contribution < -0.4 is 15.4 Å². The topological polar surface area (TPSA) is 38.5 Å². The fraction of sp³-hybridized carbons (Fsp3) is 0.333. The highest BCUT2D eigenvalue weighted by Gasteiger charge is 2.16. The summed E-state index contributed by atoms with van der Waals surface area (Å²) in [6, 6.07) is 5.86. The molecule has 1 aromatic rings. The summed E-state index contributed by atoms with van der Waals surface area (Å²) in [7, 11) is 1.66. The summed E-state index contributed by atoms with van der Waals surface area (Å²) in [6.45, 7) is 11.0. The molecule has 0 aromatic heterocycles. The highest BCUT2D eigenvalue weighted by Crippen LogP contribution is 2.33. The first-order valence-corrected chi connectivity index (χ1v) is 6.04. The summed E-state index contributed by atoms with van der Waals surface area (Å²) in [5.74, 6) is 0.820. The number of hydrogen-bond acceptors (Lipinski definition) is 3. The Morgan fingerprint density at radius 2 is 1.94 bits per heavy atom. The van der Waals surface area contributed by atoms with Gasteiger partial charge in [-0.2, -0.15) is 0 Å². The summed E-state index contributed by atoms with van der Waals surface area (Å²) in [4.78, 5) is 2.17. The normalized spacial score (nSPS) is 11.7. The fourth-order valence-corrected chi connectivity index (χ4v) is 2.03. The summed E-state index contributed by atoms with van der Waals surface area (Å²) < 4.78 is 5.40. The first kappa shape index (κ1) is 14.3. The number of rotatable bonds is 7. The van der Waals surface area contributed by atoms with Crippen LogP contribution in [-0.4, -0.2) is 20.2 Å². The second-order valence-electron chi connectivity index (χ2n) is 4.16. The summed E-state index contributed by atoms with van der Waals surface area (Å²) in [5, 5.41) is 0. The Morgan fingerprint density at radius 1 is 1.33 bits per heavy atom. The van der Waals surface area contributed by atoms with E-state index in [0.717, 1.165) is 30.1 Å². The number of benzene rings is 1. The van der Waals surface area contributed by atoms with E-state index in [1.54, 1.807) is 7.11 Å². The van der Waals surface area contributed by atoms with Crippen molar-refractivity contribution in [3.63, 3.8) is 0 Å². The minimum Gasteiger partial charge on any atom is -0.496 e. The van der Waals surface area contributed by atoms with Crippen molar-refractivity contribution in [1.82, 2.24) is 0 Å². The first-order chi connectivity index (χ1) is 8.65. The van der Waals surface area contributed by atoms with Gasteiger partial charge in [-0.3, -0.25) is 0 Å². The Labute approximate surface area is 110 Å². The Morgan fingerprint density at radius 3 is 2.39 bits per heavy atom. The molecule has 0 heterocycles. The number of methoxy groups -OCH3 is 1. The van der Waals surface area contributed by atoms with Crippen LogP contribution in [-0.2, 0) is 0 Å². The Hall–Kier alpha value is -1.74. The highest BCUT2D eigenvalue weighted by atomic mass is 16.5. The fourth-order valence-electron chi connectivity index (χ4n) is 2.03. The van der Waals surface area contributed by atoms with Crippen LogP contribution in [0, 0.1) is 0 Å². The molecule has 0 fully saturated rings. The molecule has 0 spiro atoms. The van der Waals surface area contributed by atoms with E-state index in [0.29, 0.717) is 0 Å². The molecule has 0 radical (unpaired) electrons. The molecule has 0 saturated heterocycles. The number of ether oxygens (including phenoxy) is 1. The number of hydrogen-bond donors (Lipinski definition) is 1. The van der Waals surface area contributed by atoms with Crippen molar-refractivity contribution < 1.29 is 4.74 Å². The van der Waals surface area contributed by atoms with Crippen LogP contribution in [0.1, 0.15) is 18.5 Å². The quantitative estimate of drug-likeness (QED) is 0.752. The molecule has 0 bridgehead atoms. The molecule has 1 aromatic carbocycles. The molecule has 0 aliphatic heterocycles. The molecule has 3 nitrogen and oxygen atoms in total. The molecular formula is C15H22N2O. The van der Waals surface area contributed by atoms with Gasteiger partial charge < -0.3 is 15.4 Å². The van der Waals surface area contributed by atoms with Gasteiger partial charge in [0.15, 0.2) is 0 Å². The molecule has 18 heavy (non-hydrogen) atoms. The summed E-state index contributed by atoms with van der Waals surface area (Å²) in [5.41, 5.74) is 8.15. The third-order valence-electron chi connectivity index (χ3n) is 2.76. The van der Waals surface area contributed by atoms with Gasteiger partial charge in [0.25, 0.3) is 0 Å². The van der Waals surface area contributed by atoms with Crippen molar-refractivity contribution in [3.8, 4) is 5.75 Å². The molecule has 0 aliphatic rings. The predicted molar refractivity (Wildman–Crippen MR) is 78.2 cm³/mol. The van der Waals surface area contributed by atoms with Crippen LogP contribution >= 0.6 is 0 Å². The molecule has 0 saturated carbocycles. The lowest BCUT2D eigenvalue weighted by atomic mass is 10.0. The highest BCUT2D eigenvalue weighted by molar-refractivity contribution is 5.61. The third kappa shape index (κ3) is 3.14. The minimum atomic E-state index is -0.0896. The van der Waals surface area contributed by atoms with Crippen LogP contribution in [0.5, 0.6) is 5.75 Å². The van der Waals surface area contributed by atoms with E-state index in [1.165, 1.54) is 0 Å². The molecular weight excluding hydrogens is 224 g/mol. The molecule has 0 amide bonds. The zero-order valence-corrected chi connectivity index (χ0v) is 11.2. The second kappa shape index (κ2) is 6.87. The third-order valence-corrected chi connectivity index (χ3v) is 2.76. The molecule has 0 aliphatic carbocycles. The van der Waals surface area contributed by atoms with Gasteiger partial charge in [-0.1, -0.05) is 18.2 Å². The van der Waals surface area contributed by atoms with Crippen molar-refractivity contribution in [1.29, 1.82) is 0 Å². The standard InChI is InChI=1S/C15H22N2O/c1-5-10-17(11-6-2)13-8-7-9-14(18-4)15(13)12(3)16/h5-9,12H,1-2,10-11,16H2,3-4H3/t12-/m1/s1. The Bertz CT molecular complexity index is 403. The first-order valence-electron chi connectivity index (χ1n) is 6.04. The van der Waals surface area contributed by atoms with E-state index in [1.807, 2.05) is 37.3 Å². The van der Waals surface area contributed by atoms with Crippen LogP contribution in [0.15, 0.2) is 43.5 Å². The van der Waals surface area contributed by atoms with E-state index >= 15 is 0 Å². The van der Waals surface area contributed by atoms with E-state index in [-0.39, 0.29) is 6.04 Å². The minimum absolute atomic E-state index is 0.0896. The molecule has 98 valence electrons. The van der Waals surface area contributed by atoms with Crippen molar-refractivity contribution in [2.75, 3.05) is 25.1 Å². The predicted octanol–water partition coefficient (Wildman–Crippen LogP) is 2.89.